The minimum atomic E-state index is -0.517. The van der Waals surface area contributed by atoms with Crippen LogP contribution in [-0.2, 0) is 4.79 Å². The lowest BCUT2D eigenvalue weighted by Gasteiger charge is -2.15. The van der Waals surface area contributed by atoms with Crippen molar-refractivity contribution in [2.24, 2.45) is 5.73 Å². The topological polar surface area (TPSA) is 78.0 Å². The van der Waals surface area contributed by atoms with E-state index in [-0.39, 0.29) is 5.56 Å². The number of carbonyl (C=O) groups excluding carboxylic acids is 1. The number of rotatable bonds is 4. The van der Waals surface area contributed by atoms with Crippen molar-refractivity contribution < 1.29 is 4.79 Å². The zero-order chi connectivity index (χ0) is 17.3. The Bertz CT molecular complexity index is 970. The molecule has 122 valence electrons. The zero-order valence-electron chi connectivity index (χ0n) is 12.8. The van der Waals surface area contributed by atoms with Crippen LogP contribution in [0.15, 0.2) is 58.5 Å². The summed E-state index contributed by atoms with van der Waals surface area (Å²) in [5.41, 5.74) is 6.35. The van der Waals surface area contributed by atoms with E-state index in [1.54, 1.807) is 49.4 Å². The van der Waals surface area contributed by atoms with Gasteiger partial charge in [-0.2, -0.15) is 0 Å². The van der Waals surface area contributed by atoms with Gasteiger partial charge in [0, 0.05) is 5.02 Å². The highest BCUT2D eigenvalue weighted by molar-refractivity contribution is 8.00. The second-order valence-electron chi connectivity index (χ2n) is 5.19. The van der Waals surface area contributed by atoms with E-state index in [4.69, 9.17) is 17.3 Å². The van der Waals surface area contributed by atoms with Gasteiger partial charge in [-0.15, -0.1) is 0 Å². The molecule has 5 nitrogen and oxygen atoms in total. The molecule has 0 radical (unpaired) electrons. The van der Waals surface area contributed by atoms with Crippen LogP contribution in [0.3, 0.4) is 0 Å². The fourth-order valence-corrected chi connectivity index (χ4v) is 3.23. The molecule has 0 aliphatic heterocycles. The number of hydrogen-bond acceptors (Lipinski definition) is 4. The highest BCUT2D eigenvalue weighted by Gasteiger charge is 2.18. The fourth-order valence-electron chi connectivity index (χ4n) is 2.23. The molecule has 7 heteroatoms. The van der Waals surface area contributed by atoms with Crippen molar-refractivity contribution in [3.05, 3.63) is 63.9 Å². The van der Waals surface area contributed by atoms with E-state index in [1.807, 2.05) is 6.07 Å². The van der Waals surface area contributed by atoms with Crippen LogP contribution >= 0.6 is 23.4 Å². The average Bonchev–Trinajstić information content (AvgIpc) is 2.56. The van der Waals surface area contributed by atoms with Crippen molar-refractivity contribution in [3.8, 4) is 5.69 Å². The van der Waals surface area contributed by atoms with Crippen LogP contribution in [0.25, 0.3) is 16.6 Å². The maximum absolute atomic E-state index is 12.9. The summed E-state index contributed by atoms with van der Waals surface area (Å²) >= 11 is 7.08. The normalized spacial score (nSPS) is 12.2. The fraction of sp³-hybridized carbons (Fsp3) is 0.118. The molecule has 0 saturated carbocycles. The number of para-hydroxylation sites is 1. The van der Waals surface area contributed by atoms with Gasteiger partial charge in [0.15, 0.2) is 5.16 Å². The Morgan fingerprint density at radius 3 is 2.54 bits per heavy atom. The van der Waals surface area contributed by atoms with Crippen molar-refractivity contribution in [2.75, 3.05) is 0 Å². The Morgan fingerprint density at radius 2 is 1.88 bits per heavy atom. The first-order valence-corrected chi connectivity index (χ1v) is 8.47. The quantitative estimate of drug-likeness (QED) is 0.573. The van der Waals surface area contributed by atoms with E-state index >= 15 is 0 Å². The third-order valence-electron chi connectivity index (χ3n) is 3.51. The number of nitrogens with zero attached hydrogens (tertiary/aromatic N) is 2. The maximum atomic E-state index is 12.9. The number of primary amides is 1. The SMILES string of the molecule is CC(Sc1nc2ccccc2c(=O)n1-c1ccc(Cl)cc1)C(N)=O. The second-order valence-corrected chi connectivity index (χ2v) is 6.94. The van der Waals surface area contributed by atoms with Gasteiger partial charge in [0.05, 0.1) is 21.8 Å². The third-order valence-corrected chi connectivity index (χ3v) is 4.84. The molecule has 1 aromatic heterocycles. The number of carbonyl (C=O) groups is 1. The number of fused-ring (bicyclic) bond motifs is 1. The van der Waals surface area contributed by atoms with Crippen molar-refractivity contribution in [1.29, 1.82) is 0 Å². The van der Waals surface area contributed by atoms with Gasteiger partial charge in [-0.05, 0) is 43.3 Å². The van der Waals surface area contributed by atoms with Gasteiger partial charge < -0.3 is 5.73 Å². The summed E-state index contributed by atoms with van der Waals surface area (Å²) in [6, 6.07) is 14.0. The molecule has 0 aliphatic rings. The summed E-state index contributed by atoms with van der Waals surface area (Å²) < 4.78 is 1.47. The van der Waals surface area contributed by atoms with Gasteiger partial charge in [-0.25, -0.2) is 4.98 Å². The number of hydrogen-bond donors (Lipinski definition) is 1. The average molecular weight is 360 g/mol. The van der Waals surface area contributed by atoms with E-state index in [0.29, 0.717) is 26.8 Å². The number of thioether (sulfide) groups is 1. The van der Waals surface area contributed by atoms with Crippen molar-refractivity contribution in [3.63, 3.8) is 0 Å². The van der Waals surface area contributed by atoms with Gasteiger partial charge in [0.2, 0.25) is 5.91 Å². The van der Waals surface area contributed by atoms with Crippen LogP contribution in [-0.4, -0.2) is 20.7 Å². The Balaban J connectivity index is 2.27. The van der Waals surface area contributed by atoms with Crippen molar-refractivity contribution in [2.45, 2.75) is 17.3 Å². The summed E-state index contributed by atoms with van der Waals surface area (Å²) in [6.07, 6.45) is 0. The van der Waals surface area contributed by atoms with Gasteiger partial charge in [-0.1, -0.05) is 35.5 Å². The highest BCUT2D eigenvalue weighted by atomic mass is 35.5. The Kier molecular flexibility index (Phi) is 4.59. The van der Waals surface area contributed by atoms with Crippen LogP contribution < -0.4 is 11.3 Å². The standard InChI is InChI=1S/C17H14ClN3O2S/c1-10(15(19)22)24-17-20-14-5-3-2-4-13(14)16(23)21(17)12-8-6-11(18)7-9-12/h2-10H,1H3,(H2,19,22). The van der Waals surface area contributed by atoms with Crippen molar-refractivity contribution in [1.82, 2.24) is 9.55 Å². The lowest BCUT2D eigenvalue weighted by atomic mass is 10.2. The Labute approximate surface area is 147 Å². The van der Waals surface area contributed by atoms with E-state index in [1.165, 1.54) is 4.57 Å². The molecule has 3 aromatic rings. The first-order valence-electron chi connectivity index (χ1n) is 7.21. The maximum Gasteiger partial charge on any atom is 0.266 e. The smallest absolute Gasteiger partial charge is 0.266 e. The van der Waals surface area contributed by atoms with Gasteiger partial charge >= 0.3 is 0 Å². The lowest BCUT2D eigenvalue weighted by Crippen LogP contribution is -2.26. The largest absolute Gasteiger partial charge is 0.369 e. The van der Waals surface area contributed by atoms with Crippen LogP contribution in [0.5, 0.6) is 0 Å². The number of amides is 1. The summed E-state index contributed by atoms with van der Waals surface area (Å²) in [5.74, 6) is -0.468. The molecule has 2 aromatic carbocycles. The van der Waals surface area contributed by atoms with Gasteiger partial charge in [0.25, 0.3) is 5.56 Å². The van der Waals surface area contributed by atoms with E-state index in [0.717, 1.165) is 11.8 Å². The summed E-state index contributed by atoms with van der Waals surface area (Å²) in [5, 5.41) is 0.965. The van der Waals surface area contributed by atoms with Crippen LogP contribution in [0.2, 0.25) is 5.02 Å². The molecule has 0 fully saturated rings. The summed E-state index contributed by atoms with van der Waals surface area (Å²) in [6.45, 7) is 1.68. The minimum Gasteiger partial charge on any atom is -0.369 e. The molecule has 1 heterocycles. The van der Waals surface area contributed by atoms with Crippen LogP contribution in [0.1, 0.15) is 6.92 Å². The molecule has 0 spiro atoms. The Morgan fingerprint density at radius 1 is 1.21 bits per heavy atom. The van der Waals surface area contributed by atoms with E-state index < -0.39 is 11.2 Å². The summed E-state index contributed by atoms with van der Waals surface area (Å²) in [4.78, 5) is 28.9. The molecular weight excluding hydrogens is 346 g/mol. The molecule has 3 rings (SSSR count). The minimum absolute atomic E-state index is 0.206. The van der Waals surface area contributed by atoms with Gasteiger partial charge in [0.1, 0.15) is 0 Å². The number of nitrogens with two attached hydrogens (primary N) is 1. The molecule has 1 amide bonds. The van der Waals surface area contributed by atoms with E-state index in [9.17, 15) is 9.59 Å². The zero-order valence-corrected chi connectivity index (χ0v) is 14.3. The molecule has 2 N–H and O–H groups in total. The predicted molar refractivity (Wildman–Crippen MR) is 96.9 cm³/mol. The molecule has 0 bridgehead atoms. The Hall–Kier alpha value is -2.31. The number of halogens is 1. The van der Waals surface area contributed by atoms with E-state index in [2.05, 4.69) is 4.98 Å². The molecular formula is C17H14ClN3O2S. The molecule has 24 heavy (non-hydrogen) atoms. The molecule has 1 unspecified atom stereocenters. The lowest BCUT2D eigenvalue weighted by molar-refractivity contribution is -0.117. The van der Waals surface area contributed by atoms with Gasteiger partial charge in [-0.3, -0.25) is 14.2 Å². The molecule has 0 saturated heterocycles. The third kappa shape index (κ3) is 3.16. The second kappa shape index (κ2) is 6.67. The monoisotopic (exact) mass is 359 g/mol. The number of aromatic nitrogens is 2. The first kappa shape index (κ1) is 16.5. The first-order chi connectivity index (χ1) is 11.5. The number of benzene rings is 2. The van der Waals surface area contributed by atoms with Crippen LogP contribution in [0, 0.1) is 0 Å². The van der Waals surface area contributed by atoms with Crippen molar-refractivity contribution >= 4 is 40.2 Å². The van der Waals surface area contributed by atoms with Crippen LogP contribution in [0.4, 0.5) is 0 Å². The predicted octanol–water partition coefficient (Wildman–Crippen LogP) is 3.01. The molecule has 1 atom stereocenters. The highest BCUT2D eigenvalue weighted by Crippen LogP contribution is 2.25. The molecule has 0 aliphatic carbocycles. The summed E-state index contributed by atoms with van der Waals surface area (Å²) in [7, 11) is 0.